The highest BCUT2D eigenvalue weighted by Crippen LogP contribution is 2.52. The lowest BCUT2D eigenvalue weighted by atomic mass is 9.60. The van der Waals surface area contributed by atoms with E-state index in [1.165, 1.54) is 0 Å². The van der Waals surface area contributed by atoms with Crippen molar-refractivity contribution >= 4 is 11.8 Å². The molecule has 66 valence electrons. The summed E-state index contributed by atoms with van der Waals surface area (Å²) in [5.41, 5.74) is -1.33. The third-order valence-corrected chi connectivity index (χ3v) is 3.40. The van der Waals surface area contributed by atoms with Gasteiger partial charge in [0.2, 0.25) is 0 Å². The molecule has 0 amide bonds. The van der Waals surface area contributed by atoms with E-state index in [9.17, 15) is 9.59 Å². The van der Waals surface area contributed by atoms with E-state index in [2.05, 4.69) is 0 Å². The van der Waals surface area contributed by atoms with Gasteiger partial charge in [-0.3, -0.25) is 9.59 Å². The molecule has 0 N–H and O–H groups in total. The monoisotopic (exact) mass is 168 g/mol. The summed E-state index contributed by atoms with van der Waals surface area (Å²) >= 11 is 0. The third-order valence-electron chi connectivity index (χ3n) is 3.40. The maximum absolute atomic E-state index is 11.5. The van der Waals surface area contributed by atoms with Gasteiger partial charge in [-0.15, -0.1) is 0 Å². The molecule has 0 bridgehead atoms. The molecule has 2 atom stereocenters. The van der Waals surface area contributed by atoms with E-state index in [0.717, 1.165) is 12.8 Å². The van der Waals surface area contributed by atoms with Crippen molar-refractivity contribution in [2.45, 2.75) is 38.7 Å². The molecule has 2 fully saturated rings. The van der Waals surface area contributed by atoms with Crippen LogP contribution < -0.4 is 0 Å². The number of carbonyl (C=O) groups excluding carboxylic acids is 2. The average Bonchev–Trinajstić information content (AvgIpc) is 2.00. The van der Waals surface area contributed by atoms with Crippen LogP contribution in [0.5, 0.6) is 0 Å². The van der Waals surface area contributed by atoms with Crippen LogP contribution in [0.4, 0.5) is 0 Å². The number of esters is 1. The van der Waals surface area contributed by atoms with E-state index in [0.29, 0.717) is 6.42 Å². The highest BCUT2D eigenvalue weighted by Gasteiger charge is 2.68. The van der Waals surface area contributed by atoms with Crippen LogP contribution in [0.1, 0.15) is 33.1 Å². The maximum Gasteiger partial charge on any atom is 0.324 e. The van der Waals surface area contributed by atoms with Gasteiger partial charge in [0.05, 0.1) is 0 Å². The second-order valence-corrected chi connectivity index (χ2v) is 4.02. The number of hydrogen-bond donors (Lipinski definition) is 0. The number of carbonyl (C=O) groups is 2. The molecule has 0 aromatic rings. The van der Waals surface area contributed by atoms with Crippen LogP contribution in [0.15, 0.2) is 0 Å². The topological polar surface area (TPSA) is 43.4 Å². The van der Waals surface area contributed by atoms with Crippen LogP contribution in [-0.2, 0) is 14.3 Å². The molecular formula is C9H12O3. The summed E-state index contributed by atoms with van der Waals surface area (Å²) in [6.45, 7) is 3.56. The van der Waals surface area contributed by atoms with Gasteiger partial charge in [-0.1, -0.05) is 0 Å². The predicted octanol–water partition coefficient (Wildman–Crippen LogP) is 1.06. The normalized spacial score (nSPS) is 46.2. The van der Waals surface area contributed by atoms with Crippen LogP contribution in [0, 0.1) is 5.41 Å². The third kappa shape index (κ3) is 0.586. The molecule has 1 saturated carbocycles. The Morgan fingerprint density at radius 1 is 1.33 bits per heavy atom. The van der Waals surface area contributed by atoms with E-state index >= 15 is 0 Å². The summed E-state index contributed by atoms with van der Waals surface area (Å²) in [6.07, 6.45) is 2.19. The molecule has 2 unspecified atom stereocenters. The van der Waals surface area contributed by atoms with Crippen LogP contribution in [0.2, 0.25) is 0 Å². The Kier molecular flexibility index (Phi) is 1.23. The quantitative estimate of drug-likeness (QED) is 0.401. The Labute approximate surface area is 71.1 Å². The van der Waals surface area contributed by atoms with Crippen LogP contribution in [-0.4, -0.2) is 17.4 Å². The van der Waals surface area contributed by atoms with Gasteiger partial charge in [-0.25, -0.2) is 0 Å². The fourth-order valence-electron chi connectivity index (χ4n) is 2.12. The minimum absolute atomic E-state index is 0.0486. The van der Waals surface area contributed by atoms with Gasteiger partial charge in [0, 0.05) is 6.42 Å². The zero-order valence-corrected chi connectivity index (χ0v) is 7.35. The summed E-state index contributed by atoms with van der Waals surface area (Å²) in [6, 6.07) is 0. The average molecular weight is 168 g/mol. The van der Waals surface area contributed by atoms with E-state index < -0.39 is 11.0 Å². The van der Waals surface area contributed by atoms with Gasteiger partial charge in [0.25, 0.3) is 0 Å². The van der Waals surface area contributed by atoms with Crippen molar-refractivity contribution in [1.29, 1.82) is 0 Å². The smallest absolute Gasteiger partial charge is 0.324 e. The van der Waals surface area contributed by atoms with Gasteiger partial charge < -0.3 is 4.74 Å². The lowest BCUT2D eigenvalue weighted by Crippen LogP contribution is -2.68. The molecule has 12 heavy (non-hydrogen) atoms. The fourth-order valence-corrected chi connectivity index (χ4v) is 2.12. The SMILES string of the molecule is CC12CCCC(=O)C1(C)C(=O)O2. The maximum atomic E-state index is 11.5. The fraction of sp³-hybridized carbons (Fsp3) is 0.778. The summed E-state index contributed by atoms with van der Waals surface area (Å²) < 4.78 is 5.04. The van der Waals surface area contributed by atoms with Crippen LogP contribution in [0.3, 0.4) is 0 Å². The number of Topliss-reactive ketones (excluding diaryl/α,β-unsaturated/α-hetero) is 1. The molecular weight excluding hydrogens is 156 g/mol. The van der Waals surface area contributed by atoms with Crippen LogP contribution in [0.25, 0.3) is 0 Å². The molecule has 1 saturated heterocycles. The van der Waals surface area contributed by atoms with E-state index in [1.807, 2.05) is 6.92 Å². The molecule has 1 aliphatic carbocycles. The molecule has 2 aliphatic rings. The van der Waals surface area contributed by atoms with Crippen molar-refractivity contribution in [3.05, 3.63) is 0 Å². The number of ether oxygens (including phenoxy) is 1. The summed E-state index contributed by atoms with van der Waals surface area (Å²) in [5, 5.41) is 0. The standard InChI is InChI=1S/C9H12O3/c1-8-5-3-4-6(10)9(8,2)7(11)12-8/h3-5H2,1-2H3. The minimum atomic E-state index is -0.828. The van der Waals surface area contributed by atoms with Gasteiger partial charge in [0.1, 0.15) is 5.60 Å². The van der Waals surface area contributed by atoms with Gasteiger partial charge in [-0.05, 0) is 26.7 Å². The Hall–Kier alpha value is -0.860. The van der Waals surface area contributed by atoms with Gasteiger partial charge in [-0.2, -0.15) is 0 Å². The lowest BCUT2D eigenvalue weighted by Gasteiger charge is -2.54. The van der Waals surface area contributed by atoms with Crippen molar-refractivity contribution in [3.63, 3.8) is 0 Å². The second kappa shape index (κ2) is 1.90. The van der Waals surface area contributed by atoms with Crippen molar-refractivity contribution in [2.24, 2.45) is 5.41 Å². The first-order chi connectivity index (χ1) is 5.51. The van der Waals surface area contributed by atoms with E-state index in [4.69, 9.17) is 4.74 Å². The zero-order chi connectivity index (χ0) is 8.98. The Morgan fingerprint density at radius 3 is 2.42 bits per heavy atom. The zero-order valence-electron chi connectivity index (χ0n) is 7.35. The number of fused-ring (bicyclic) bond motifs is 1. The Morgan fingerprint density at radius 2 is 2.00 bits per heavy atom. The summed E-state index contributed by atoms with van der Waals surface area (Å²) in [4.78, 5) is 22.7. The number of hydrogen-bond acceptors (Lipinski definition) is 3. The summed E-state index contributed by atoms with van der Waals surface area (Å²) in [7, 11) is 0. The Bertz CT molecular complexity index is 271. The van der Waals surface area contributed by atoms with E-state index in [-0.39, 0.29) is 11.8 Å². The molecule has 3 nitrogen and oxygen atoms in total. The molecule has 3 heteroatoms. The van der Waals surface area contributed by atoms with Crippen molar-refractivity contribution < 1.29 is 14.3 Å². The predicted molar refractivity (Wildman–Crippen MR) is 41.5 cm³/mol. The molecule has 0 aromatic carbocycles. The first kappa shape index (κ1) is 7.77. The van der Waals surface area contributed by atoms with Crippen molar-refractivity contribution in [3.8, 4) is 0 Å². The molecule has 0 aromatic heterocycles. The van der Waals surface area contributed by atoms with Crippen molar-refractivity contribution in [1.82, 2.24) is 0 Å². The van der Waals surface area contributed by atoms with Crippen LogP contribution >= 0.6 is 0 Å². The highest BCUT2D eigenvalue weighted by molar-refractivity contribution is 6.09. The molecule has 2 rings (SSSR count). The van der Waals surface area contributed by atoms with Gasteiger partial charge in [0.15, 0.2) is 11.2 Å². The first-order valence-corrected chi connectivity index (χ1v) is 4.27. The molecule has 0 spiro atoms. The van der Waals surface area contributed by atoms with E-state index in [1.54, 1.807) is 6.92 Å². The minimum Gasteiger partial charge on any atom is -0.457 e. The Balaban J connectivity index is 2.40. The van der Waals surface area contributed by atoms with Gasteiger partial charge >= 0.3 is 5.97 Å². The van der Waals surface area contributed by atoms with Crippen molar-refractivity contribution in [2.75, 3.05) is 0 Å². The second-order valence-electron chi connectivity index (χ2n) is 4.02. The lowest BCUT2D eigenvalue weighted by molar-refractivity contribution is -0.237. The first-order valence-electron chi connectivity index (χ1n) is 4.27. The molecule has 1 aliphatic heterocycles. The molecule has 1 heterocycles. The summed E-state index contributed by atoms with van der Waals surface area (Å²) in [5.74, 6) is -0.290. The number of rotatable bonds is 0. The highest BCUT2D eigenvalue weighted by atomic mass is 16.6. The molecule has 0 radical (unpaired) electrons. The number of ketones is 1. The largest absolute Gasteiger partial charge is 0.457 e.